The van der Waals surface area contributed by atoms with Crippen LogP contribution in [0.15, 0.2) is 24.4 Å². The first-order valence-electron chi connectivity index (χ1n) is 5.95. The number of hydrogen-bond acceptors (Lipinski definition) is 5. The first-order chi connectivity index (χ1) is 9.63. The highest BCUT2D eigenvalue weighted by Gasteiger charge is 2.24. The maximum Gasteiger partial charge on any atom is 0.218 e. The number of para-hydroxylation sites is 1. The Bertz CT molecular complexity index is 634. The number of carbonyl (C=O) groups excluding carboxylic acids is 1. The summed E-state index contributed by atoms with van der Waals surface area (Å²) in [5, 5.41) is 4.03. The number of carbonyl (C=O) groups is 1. The van der Waals surface area contributed by atoms with Crippen LogP contribution in [0.5, 0.6) is 17.2 Å². The lowest BCUT2D eigenvalue weighted by molar-refractivity contribution is 0.102. The van der Waals surface area contributed by atoms with Crippen molar-refractivity contribution in [1.82, 2.24) is 9.78 Å². The molecule has 0 fully saturated rings. The van der Waals surface area contributed by atoms with Gasteiger partial charge in [0, 0.05) is 7.05 Å². The lowest BCUT2D eigenvalue weighted by Crippen LogP contribution is -2.11. The molecule has 0 atom stereocenters. The zero-order chi connectivity index (χ0) is 14.7. The number of rotatable bonds is 5. The van der Waals surface area contributed by atoms with Crippen molar-refractivity contribution in [3.63, 3.8) is 0 Å². The second kappa shape index (κ2) is 5.64. The average Bonchev–Trinajstić information content (AvgIpc) is 2.86. The quantitative estimate of drug-likeness (QED) is 0.777. The number of aromatic nitrogens is 2. The van der Waals surface area contributed by atoms with Crippen LogP contribution in [-0.2, 0) is 7.05 Å². The zero-order valence-corrected chi connectivity index (χ0v) is 11.8. The van der Waals surface area contributed by atoms with E-state index in [1.807, 2.05) is 0 Å². The Labute approximate surface area is 116 Å². The van der Waals surface area contributed by atoms with Gasteiger partial charge in [-0.3, -0.25) is 9.48 Å². The number of benzene rings is 1. The number of aryl methyl sites for hydroxylation is 1. The highest BCUT2D eigenvalue weighted by atomic mass is 16.5. The molecule has 0 bridgehead atoms. The SMILES string of the molecule is COc1cccc(C(=O)c2c(OC)cnn2C)c1OC. The molecule has 1 aromatic heterocycles. The highest BCUT2D eigenvalue weighted by molar-refractivity contribution is 6.11. The number of methoxy groups -OCH3 is 3. The van der Waals surface area contributed by atoms with Gasteiger partial charge in [0.1, 0.15) is 0 Å². The fourth-order valence-electron chi connectivity index (χ4n) is 2.02. The summed E-state index contributed by atoms with van der Waals surface area (Å²) < 4.78 is 17.1. The van der Waals surface area contributed by atoms with E-state index in [1.165, 1.54) is 32.2 Å². The van der Waals surface area contributed by atoms with E-state index < -0.39 is 0 Å². The molecule has 1 aromatic carbocycles. The Morgan fingerprint density at radius 1 is 1.10 bits per heavy atom. The van der Waals surface area contributed by atoms with Crippen LogP contribution in [0.2, 0.25) is 0 Å². The van der Waals surface area contributed by atoms with Crippen molar-refractivity contribution in [2.75, 3.05) is 21.3 Å². The number of hydrogen-bond donors (Lipinski definition) is 0. The molecule has 6 heteroatoms. The summed E-state index contributed by atoms with van der Waals surface area (Å²) in [6.45, 7) is 0. The van der Waals surface area contributed by atoms with Crippen LogP contribution in [0.4, 0.5) is 0 Å². The van der Waals surface area contributed by atoms with Gasteiger partial charge in [0.2, 0.25) is 5.78 Å². The van der Waals surface area contributed by atoms with Gasteiger partial charge in [0.05, 0.1) is 33.1 Å². The molecule has 1 heterocycles. The molecule has 2 rings (SSSR count). The van der Waals surface area contributed by atoms with Crippen LogP contribution in [0.3, 0.4) is 0 Å². The summed E-state index contributed by atoms with van der Waals surface area (Å²) in [5.41, 5.74) is 0.757. The minimum Gasteiger partial charge on any atom is -0.493 e. The Morgan fingerprint density at radius 3 is 2.40 bits per heavy atom. The van der Waals surface area contributed by atoms with E-state index in [0.29, 0.717) is 28.5 Å². The van der Waals surface area contributed by atoms with Crippen LogP contribution in [-0.4, -0.2) is 36.9 Å². The molecular formula is C14H16N2O4. The van der Waals surface area contributed by atoms with Gasteiger partial charge in [-0.05, 0) is 12.1 Å². The van der Waals surface area contributed by atoms with E-state index in [1.54, 1.807) is 25.2 Å². The fourth-order valence-corrected chi connectivity index (χ4v) is 2.02. The van der Waals surface area contributed by atoms with Crippen molar-refractivity contribution < 1.29 is 19.0 Å². The first kappa shape index (κ1) is 13.9. The molecule has 20 heavy (non-hydrogen) atoms. The van der Waals surface area contributed by atoms with E-state index in [2.05, 4.69) is 5.10 Å². The minimum atomic E-state index is -0.238. The molecular weight excluding hydrogens is 260 g/mol. The van der Waals surface area contributed by atoms with E-state index in [4.69, 9.17) is 14.2 Å². The molecule has 6 nitrogen and oxygen atoms in total. The number of ether oxygens (including phenoxy) is 3. The van der Waals surface area contributed by atoms with Crippen LogP contribution in [0, 0.1) is 0 Å². The lowest BCUT2D eigenvalue weighted by Gasteiger charge is -2.12. The summed E-state index contributed by atoms with van der Waals surface area (Å²) in [4.78, 5) is 12.7. The van der Waals surface area contributed by atoms with Crippen molar-refractivity contribution in [2.45, 2.75) is 0 Å². The third kappa shape index (κ3) is 2.20. The summed E-state index contributed by atoms with van der Waals surface area (Å²) in [6, 6.07) is 5.14. The molecule has 0 unspecified atom stereocenters. The Hall–Kier alpha value is -2.50. The molecule has 2 aromatic rings. The normalized spacial score (nSPS) is 10.2. The van der Waals surface area contributed by atoms with Gasteiger partial charge in [0.25, 0.3) is 0 Å². The monoisotopic (exact) mass is 276 g/mol. The van der Waals surface area contributed by atoms with Gasteiger partial charge in [-0.2, -0.15) is 5.10 Å². The van der Waals surface area contributed by atoms with Gasteiger partial charge in [-0.1, -0.05) is 6.07 Å². The van der Waals surface area contributed by atoms with E-state index in [-0.39, 0.29) is 5.78 Å². The van der Waals surface area contributed by atoms with Gasteiger partial charge in [0.15, 0.2) is 22.9 Å². The van der Waals surface area contributed by atoms with E-state index >= 15 is 0 Å². The molecule has 0 radical (unpaired) electrons. The summed E-state index contributed by atoms with van der Waals surface area (Å²) in [5.74, 6) is 1.07. The van der Waals surface area contributed by atoms with Crippen LogP contribution in [0.1, 0.15) is 16.1 Å². The molecule has 0 N–H and O–H groups in total. The van der Waals surface area contributed by atoms with Gasteiger partial charge in [-0.15, -0.1) is 0 Å². The number of nitrogens with zero attached hydrogens (tertiary/aromatic N) is 2. The standard InChI is InChI=1S/C14H16N2O4/c1-16-12(11(19-3)8-15-16)13(17)9-6-5-7-10(18-2)14(9)20-4/h5-8H,1-4H3. The maximum atomic E-state index is 12.7. The average molecular weight is 276 g/mol. The predicted octanol–water partition coefficient (Wildman–Crippen LogP) is 1.68. The van der Waals surface area contributed by atoms with E-state index in [0.717, 1.165) is 0 Å². The molecule has 0 aliphatic rings. The maximum absolute atomic E-state index is 12.7. The fraction of sp³-hybridized carbons (Fsp3) is 0.286. The summed E-state index contributed by atoms with van der Waals surface area (Å²) in [6.07, 6.45) is 1.50. The van der Waals surface area contributed by atoms with Gasteiger partial charge in [-0.25, -0.2) is 0 Å². The zero-order valence-electron chi connectivity index (χ0n) is 11.8. The van der Waals surface area contributed by atoms with Crippen LogP contribution < -0.4 is 14.2 Å². The minimum absolute atomic E-state index is 0.238. The molecule has 0 saturated carbocycles. The Morgan fingerprint density at radius 2 is 1.80 bits per heavy atom. The number of ketones is 1. The van der Waals surface area contributed by atoms with Crippen molar-refractivity contribution in [3.05, 3.63) is 35.7 Å². The molecule has 0 aliphatic heterocycles. The van der Waals surface area contributed by atoms with E-state index in [9.17, 15) is 4.79 Å². The van der Waals surface area contributed by atoms with Crippen molar-refractivity contribution >= 4 is 5.78 Å². The van der Waals surface area contributed by atoms with Crippen molar-refractivity contribution in [2.24, 2.45) is 7.05 Å². The van der Waals surface area contributed by atoms with Gasteiger partial charge >= 0.3 is 0 Å². The topological polar surface area (TPSA) is 62.6 Å². The third-order valence-corrected chi connectivity index (χ3v) is 2.99. The van der Waals surface area contributed by atoms with Crippen molar-refractivity contribution in [1.29, 1.82) is 0 Å². The van der Waals surface area contributed by atoms with Crippen LogP contribution in [0.25, 0.3) is 0 Å². The third-order valence-electron chi connectivity index (χ3n) is 2.99. The lowest BCUT2D eigenvalue weighted by atomic mass is 10.1. The molecule has 106 valence electrons. The second-order valence-corrected chi connectivity index (χ2v) is 4.06. The molecule has 0 aliphatic carbocycles. The molecule has 0 amide bonds. The molecule has 0 saturated heterocycles. The van der Waals surface area contributed by atoms with Crippen molar-refractivity contribution in [3.8, 4) is 17.2 Å². The Kier molecular flexibility index (Phi) is 3.93. The second-order valence-electron chi connectivity index (χ2n) is 4.06. The highest BCUT2D eigenvalue weighted by Crippen LogP contribution is 2.33. The summed E-state index contributed by atoms with van der Waals surface area (Å²) >= 11 is 0. The summed E-state index contributed by atoms with van der Waals surface area (Å²) in [7, 11) is 6.20. The Balaban J connectivity index is 2.56. The largest absolute Gasteiger partial charge is 0.493 e. The first-order valence-corrected chi connectivity index (χ1v) is 5.95. The smallest absolute Gasteiger partial charge is 0.218 e. The molecule has 0 spiro atoms. The van der Waals surface area contributed by atoms with Gasteiger partial charge < -0.3 is 14.2 Å². The predicted molar refractivity (Wildman–Crippen MR) is 72.7 cm³/mol. The van der Waals surface area contributed by atoms with Crippen LogP contribution >= 0.6 is 0 Å².